The summed E-state index contributed by atoms with van der Waals surface area (Å²) in [7, 11) is 0. The van der Waals surface area contributed by atoms with Gasteiger partial charge in [0.1, 0.15) is 0 Å². The fourth-order valence-corrected chi connectivity index (χ4v) is 9.30. The third-order valence-corrected chi connectivity index (χ3v) is 11.5. The highest BCUT2D eigenvalue weighted by molar-refractivity contribution is 7.98. The second kappa shape index (κ2) is 10.4. The molecule has 0 N–H and O–H groups in total. The van der Waals surface area contributed by atoms with E-state index in [0.717, 1.165) is 41.4 Å². The van der Waals surface area contributed by atoms with E-state index < -0.39 is 0 Å². The van der Waals surface area contributed by atoms with Gasteiger partial charge < -0.3 is 4.74 Å². The van der Waals surface area contributed by atoms with Crippen molar-refractivity contribution in [1.29, 1.82) is 0 Å². The summed E-state index contributed by atoms with van der Waals surface area (Å²) in [5, 5.41) is 0. The molecule has 0 aromatic rings. The highest BCUT2D eigenvalue weighted by Crippen LogP contribution is 2.66. The third kappa shape index (κ3) is 4.78. The topological polar surface area (TPSA) is 9.23 Å². The van der Waals surface area contributed by atoms with Gasteiger partial charge in [-0.25, -0.2) is 0 Å². The van der Waals surface area contributed by atoms with Gasteiger partial charge in [-0.3, -0.25) is 0 Å². The number of rotatable bonds is 8. The molecule has 2 heteroatoms. The minimum Gasteiger partial charge on any atom is -0.368 e. The summed E-state index contributed by atoms with van der Waals surface area (Å²) in [5.41, 5.74) is 2.92. The highest BCUT2D eigenvalue weighted by Gasteiger charge is 2.58. The maximum Gasteiger partial charge on any atom is 0.0921 e. The van der Waals surface area contributed by atoms with E-state index in [0.29, 0.717) is 22.9 Å². The second-order valence-corrected chi connectivity index (χ2v) is 13.8. The standard InChI is InChI=1S/C31H52OS/c1-8-23(21(2)3)10-9-22(4)27-13-14-28-26-12-11-24-19-25(32-20-33-7)15-17-30(24,5)29(26)16-18-31(27,28)6/h9-10,12,21-25,27-29H,8,11,13-20H2,1-7H3. The zero-order valence-corrected chi connectivity index (χ0v) is 23.6. The average Bonchev–Trinajstić information content (AvgIpc) is 3.15. The normalized spacial score (nSPS) is 42.5. The summed E-state index contributed by atoms with van der Waals surface area (Å²) in [6.45, 7) is 15.0. The predicted molar refractivity (Wildman–Crippen MR) is 145 cm³/mol. The Balaban J connectivity index is 1.48. The first-order valence-corrected chi connectivity index (χ1v) is 15.6. The molecule has 3 fully saturated rings. The van der Waals surface area contributed by atoms with Gasteiger partial charge in [-0.15, -0.1) is 11.8 Å². The molecule has 1 nitrogen and oxygen atoms in total. The molecule has 0 bridgehead atoms. The number of thioether (sulfide) groups is 1. The van der Waals surface area contributed by atoms with Gasteiger partial charge in [0, 0.05) is 0 Å². The van der Waals surface area contributed by atoms with E-state index in [-0.39, 0.29) is 0 Å². The molecule has 9 atom stereocenters. The van der Waals surface area contributed by atoms with E-state index in [9.17, 15) is 0 Å². The van der Waals surface area contributed by atoms with Crippen LogP contribution in [0.3, 0.4) is 0 Å². The molecule has 188 valence electrons. The fourth-order valence-electron chi connectivity index (χ4n) is 8.97. The van der Waals surface area contributed by atoms with Crippen LogP contribution >= 0.6 is 11.8 Å². The van der Waals surface area contributed by atoms with Crippen LogP contribution in [-0.4, -0.2) is 18.3 Å². The van der Waals surface area contributed by atoms with Crippen LogP contribution in [0.25, 0.3) is 0 Å². The fraction of sp³-hybridized carbons (Fsp3) is 0.871. The summed E-state index contributed by atoms with van der Waals surface area (Å²) in [5.74, 6) is 6.43. The first-order valence-electron chi connectivity index (χ1n) is 14.2. The number of hydrogen-bond donors (Lipinski definition) is 0. The van der Waals surface area contributed by atoms with Crippen LogP contribution < -0.4 is 0 Å². The summed E-state index contributed by atoms with van der Waals surface area (Å²) in [6.07, 6.45) is 22.8. The van der Waals surface area contributed by atoms with E-state index in [1.807, 2.05) is 17.3 Å². The number of fused-ring (bicyclic) bond motifs is 5. The van der Waals surface area contributed by atoms with Crippen molar-refractivity contribution in [2.24, 2.45) is 52.3 Å². The monoisotopic (exact) mass is 472 g/mol. The molecule has 33 heavy (non-hydrogen) atoms. The molecule has 4 aliphatic rings. The van der Waals surface area contributed by atoms with Gasteiger partial charge in [-0.05, 0) is 116 Å². The Labute approximate surface area is 210 Å². The first-order chi connectivity index (χ1) is 15.7. The van der Waals surface area contributed by atoms with Crippen molar-refractivity contribution in [2.75, 3.05) is 12.2 Å². The molecule has 0 aliphatic heterocycles. The Morgan fingerprint density at radius 3 is 2.45 bits per heavy atom. The molecule has 9 unspecified atom stereocenters. The molecule has 4 aliphatic carbocycles. The summed E-state index contributed by atoms with van der Waals surface area (Å²) >= 11 is 1.82. The van der Waals surface area contributed by atoms with Crippen LogP contribution in [0.4, 0.5) is 0 Å². The SMILES string of the molecule is CCC(C=CC(C)C1CCC2C3=CCC4CC(OCSC)CCC4(C)C3CCC21C)C(C)C. The summed E-state index contributed by atoms with van der Waals surface area (Å²) in [6, 6.07) is 0. The molecule has 0 amide bonds. The van der Waals surface area contributed by atoms with Crippen molar-refractivity contribution in [3.8, 4) is 0 Å². The van der Waals surface area contributed by atoms with E-state index >= 15 is 0 Å². The minimum absolute atomic E-state index is 0.501. The van der Waals surface area contributed by atoms with Crippen molar-refractivity contribution < 1.29 is 4.74 Å². The summed E-state index contributed by atoms with van der Waals surface area (Å²) in [4.78, 5) is 0. The van der Waals surface area contributed by atoms with Crippen molar-refractivity contribution in [3.05, 3.63) is 23.8 Å². The van der Waals surface area contributed by atoms with Crippen LogP contribution in [-0.2, 0) is 4.74 Å². The van der Waals surface area contributed by atoms with Crippen molar-refractivity contribution in [3.63, 3.8) is 0 Å². The molecule has 0 spiro atoms. The van der Waals surface area contributed by atoms with Crippen LogP contribution in [0.5, 0.6) is 0 Å². The zero-order valence-electron chi connectivity index (χ0n) is 22.7. The third-order valence-electron chi connectivity index (χ3n) is 11.2. The minimum atomic E-state index is 0.501. The van der Waals surface area contributed by atoms with E-state index in [1.165, 1.54) is 57.8 Å². The smallest absolute Gasteiger partial charge is 0.0921 e. The van der Waals surface area contributed by atoms with Gasteiger partial charge in [0.05, 0.1) is 12.0 Å². The number of hydrogen-bond acceptors (Lipinski definition) is 2. The summed E-state index contributed by atoms with van der Waals surface area (Å²) < 4.78 is 6.19. The molecule has 3 saturated carbocycles. The lowest BCUT2D eigenvalue weighted by molar-refractivity contribution is -0.0564. The molecule has 0 saturated heterocycles. The maximum atomic E-state index is 6.19. The Bertz CT molecular complexity index is 724. The van der Waals surface area contributed by atoms with Gasteiger partial charge in [0.15, 0.2) is 0 Å². The highest BCUT2D eigenvalue weighted by atomic mass is 32.2. The van der Waals surface area contributed by atoms with Crippen LogP contribution in [0.2, 0.25) is 0 Å². The Morgan fingerprint density at radius 2 is 1.76 bits per heavy atom. The van der Waals surface area contributed by atoms with Crippen LogP contribution in [0, 0.1) is 52.3 Å². The number of ether oxygens (including phenoxy) is 1. The molecule has 0 aromatic carbocycles. The van der Waals surface area contributed by atoms with E-state index in [2.05, 4.69) is 66.0 Å². The van der Waals surface area contributed by atoms with Gasteiger partial charge in [-0.1, -0.05) is 65.3 Å². The molecule has 0 heterocycles. The van der Waals surface area contributed by atoms with Gasteiger partial charge in [0.25, 0.3) is 0 Å². The predicted octanol–water partition coefficient (Wildman–Crippen LogP) is 9.15. The van der Waals surface area contributed by atoms with Gasteiger partial charge in [-0.2, -0.15) is 0 Å². The van der Waals surface area contributed by atoms with E-state index in [1.54, 1.807) is 0 Å². The molecular formula is C31H52OS. The molecule has 0 radical (unpaired) electrons. The van der Waals surface area contributed by atoms with Crippen molar-refractivity contribution in [1.82, 2.24) is 0 Å². The lowest BCUT2D eigenvalue weighted by Gasteiger charge is -2.58. The number of allylic oxidation sites excluding steroid dienone is 4. The molecule has 4 rings (SSSR count). The van der Waals surface area contributed by atoms with E-state index in [4.69, 9.17) is 4.74 Å². The van der Waals surface area contributed by atoms with Gasteiger partial charge >= 0.3 is 0 Å². The average molecular weight is 473 g/mol. The Morgan fingerprint density at radius 1 is 1.03 bits per heavy atom. The molecule has 0 aromatic heterocycles. The first kappa shape index (κ1) is 25.9. The molecular weight excluding hydrogens is 420 g/mol. The van der Waals surface area contributed by atoms with Crippen molar-refractivity contribution >= 4 is 11.8 Å². The Hall–Kier alpha value is -0.210. The van der Waals surface area contributed by atoms with Crippen LogP contribution in [0.1, 0.15) is 99.3 Å². The Kier molecular flexibility index (Phi) is 8.17. The van der Waals surface area contributed by atoms with Gasteiger partial charge in [0.2, 0.25) is 0 Å². The largest absolute Gasteiger partial charge is 0.368 e. The zero-order chi connectivity index (χ0) is 23.8. The lowest BCUT2D eigenvalue weighted by Crippen LogP contribution is -2.50. The maximum absolute atomic E-state index is 6.19. The second-order valence-electron chi connectivity index (χ2n) is 13.0. The quantitative estimate of drug-likeness (QED) is 0.257. The van der Waals surface area contributed by atoms with Crippen molar-refractivity contribution in [2.45, 2.75) is 105 Å². The van der Waals surface area contributed by atoms with Crippen LogP contribution in [0.15, 0.2) is 23.8 Å². The lowest BCUT2D eigenvalue weighted by atomic mass is 9.47.